The number of rotatable bonds is 4. The molecule has 0 spiro atoms. The summed E-state index contributed by atoms with van der Waals surface area (Å²) in [4.78, 5) is 0. The van der Waals surface area contributed by atoms with Gasteiger partial charge in [-0.05, 0) is 107 Å². The highest BCUT2D eigenvalue weighted by atomic mass is 16.3. The molecule has 0 aliphatic carbocycles. The Balaban J connectivity index is 1.39. The zero-order valence-electron chi connectivity index (χ0n) is 41.6. The van der Waals surface area contributed by atoms with Crippen molar-refractivity contribution in [1.29, 1.82) is 0 Å². The van der Waals surface area contributed by atoms with Gasteiger partial charge in [-0.15, -0.1) is 0 Å². The summed E-state index contributed by atoms with van der Waals surface area (Å²) in [6.45, 7) is 12.7. The van der Waals surface area contributed by atoms with E-state index in [0.29, 0.717) is 33.2 Å². The van der Waals surface area contributed by atoms with Gasteiger partial charge in [0, 0.05) is 16.3 Å². The number of furan rings is 1. The van der Waals surface area contributed by atoms with Gasteiger partial charge >= 0.3 is 0 Å². The molecule has 0 fully saturated rings. The second-order valence-electron chi connectivity index (χ2n) is 15.7. The SMILES string of the molecule is [2H]c1c([2H])c([2H])c(-c2c3ccc(C(C)(C)C)cc3c(-c3ccc(-c4c([2H])c([2H])c5oc6c([2H])c([2H])c([2H])c([2H])c6c5c4-c4ccccc4)cc3)c3ccc(C(C)(C)C)cc23)c([2H])c1[2H]. The molecule has 258 valence electrons. The summed E-state index contributed by atoms with van der Waals surface area (Å²) in [6.07, 6.45) is 0. The van der Waals surface area contributed by atoms with Crippen molar-refractivity contribution in [2.75, 3.05) is 0 Å². The summed E-state index contributed by atoms with van der Waals surface area (Å²) in [5.74, 6) is 0. The molecule has 1 heterocycles. The molecule has 0 amide bonds. The van der Waals surface area contributed by atoms with Crippen LogP contribution in [0.5, 0.6) is 0 Å². The fourth-order valence-electron chi connectivity index (χ4n) is 7.48. The van der Waals surface area contributed by atoms with Gasteiger partial charge in [0.1, 0.15) is 11.2 Å². The molecule has 8 aromatic carbocycles. The van der Waals surface area contributed by atoms with Gasteiger partial charge in [-0.1, -0.05) is 175 Å². The average molecular weight is 696 g/mol. The van der Waals surface area contributed by atoms with E-state index in [0.717, 1.165) is 43.8 Å². The smallest absolute Gasteiger partial charge is 0.136 e. The quantitative estimate of drug-likeness (QED) is 0.167. The molecule has 0 radical (unpaired) electrons. The first-order valence-electron chi connectivity index (χ1n) is 23.4. The standard InChI is InChI=1S/C52H44O/c1-51(2,3)37-26-28-41-43(31-37)47(34-15-9-7-10-16-34)40-27-25-38(52(4,5)6)32-44(40)48(41)36-23-21-33(22-24-36)39-29-30-46-50(42-19-13-14-20-45(42)53-46)49(39)35-17-11-8-12-18-35/h7-32H,1-6H3/i7D,9D,10D,13D,14D,15D,16D,19D,20D,29D,30D. The maximum atomic E-state index is 9.46. The second kappa shape index (κ2) is 12.3. The maximum Gasteiger partial charge on any atom is 0.136 e. The molecule has 0 saturated carbocycles. The first-order valence-corrected chi connectivity index (χ1v) is 17.9. The Morgan fingerprint density at radius 2 is 0.962 bits per heavy atom. The summed E-state index contributed by atoms with van der Waals surface area (Å²) in [5.41, 5.74) is 6.03. The van der Waals surface area contributed by atoms with E-state index < -0.39 is 30.2 Å². The fourth-order valence-corrected chi connectivity index (χ4v) is 7.48. The van der Waals surface area contributed by atoms with Crippen LogP contribution < -0.4 is 0 Å². The summed E-state index contributed by atoms with van der Waals surface area (Å²) < 4.78 is 103. The minimum absolute atomic E-state index is 0.00708. The van der Waals surface area contributed by atoms with Crippen molar-refractivity contribution in [3.8, 4) is 44.5 Å². The van der Waals surface area contributed by atoms with Crippen LogP contribution in [0.2, 0.25) is 0 Å². The second-order valence-corrected chi connectivity index (χ2v) is 15.7. The van der Waals surface area contributed by atoms with Crippen molar-refractivity contribution in [2.24, 2.45) is 0 Å². The molecule has 53 heavy (non-hydrogen) atoms. The number of hydrogen-bond donors (Lipinski definition) is 0. The zero-order chi connectivity index (χ0) is 46.1. The third kappa shape index (κ3) is 5.63. The van der Waals surface area contributed by atoms with Crippen LogP contribution in [0.3, 0.4) is 0 Å². The Bertz CT molecular complexity index is 3420. The predicted molar refractivity (Wildman–Crippen MR) is 228 cm³/mol. The third-order valence-electron chi connectivity index (χ3n) is 10.3. The number of hydrogen-bond acceptors (Lipinski definition) is 1. The van der Waals surface area contributed by atoms with Crippen molar-refractivity contribution in [2.45, 2.75) is 52.4 Å². The summed E-state index contributed by atoms with van der Waals surface area (Å²) >= 11 is 0. The van der Waals surface area contributed by atoms with Gasteiger partial charge in [0.2, 0.25) is 0 Å². The molecule has 0 unspecified atom stereocenters. The molecule has 9 rings (SSSR count). The Morgan fingerprint density at radius 1 is 0.415 bits per heavy atom. The number of para-hydroxylation sites is 1. The predicted octanol–water partition coefficient (Wildman–Crippen LogP) is 15.2. The van der Waals surface area contributed by atoms with Crippen LogP contribution in [0.4, 0.5) is 0 Å². The topological polar surface area (TPSA) is 13.1 Å². The number of fused-ring (bicyclic) bond motifs is 5. The van der Waals surface area contributed by atoms with Crippen LogP contribution in [0.15, 0.2) is 162 Å². The monoisotopic (exact) mass is 695 g/mol. The molecule has 1 aromatic heterocycles. The highest BCUT2D eigenvalue weighted by Gasteiger charge is 2.23. The van der Waals surface area contributed by atoms with Crippen LogP contribution in [-0.2, 0) is 10.8 Å². The van der Waals surface area contributed by atoms with Crippen molar-refractivity contribution >= 4 is 43.5 Å². The molecule has 0 saturated heterocycles. The first-order chi connectivity index (χ1) is 30.1. The van der Waals surface area contributed by atoms with Gasteiger partial charge in [-0.3, -0.25) is 0 Å². The van der Waals surface area contributed by atoms with Crippen molar-refractivity contribution < 1.29 is 19.5 Å². The molecule has 0 aliphatic rings. The Hall–Kier alpha value is -5.92. The molecule has 1 nitrogen and oxygen atoms in total. The summed E-state index contributed by atoms with van der Waals surface area (Å²) in [6, 6.07) is 25.7. The average Bonchev–Trinajstić information content (AvgIpc) is 3.67. The maximum absolute atomic E-state index is 9.46. The molecular weight excluding hydrogens is 641 g/mol. The first kappa shape index (κ1) is 22.9. The normalized spacial score (nSPS) is 15.2. The highest BCUT2D eigenvalue weighted by Crippen LogP contribution is 2.47. The van der Waals surface area contributed by atoms with E-state index in [2.05, 4.69) is 65.8 Å². The van der Waals surface area contributed by atoms with Gasteiger partial charge < -0.3 is 4.42 Å². The Labute approximate surface area is 328 Å². The van der Waals surface area contributed by atoms with Gasteiger partial charge in [0.15, 0.2) is 0 Å². The lowest BCUT2D eigenvalue weighted by Crippen LogP contribution is -2.11. The lowest BCUT2D eigenvalue weighted by molar-refractivity contribution is 0.590. The molecule has 0 N–H and O–H groups in total. The van der Waals surface area contributed by atoms with E-state index >= 15 is 0 Å². The van der Waals surface area contributed by atoms with E-state index in [1.807, 2.05) is 66.7 Å². The van der Waals surface area contributed by atoms with E-state index in [1.165, 1.54) is 0 Å². The lowest BCUT2D eigenvalue weighted by atomic mass is 9.79. The largest absolute Gasteiger partial charge is 0.456 e. The fraction of sp³-hybridized carbons (Fsp3) is 0.154. The molecule has 0 bridgehead atoms. The van der Waals surface area contributed by atoms with E-state index in [9.17, 15) is 2.74 Å². The van der Waals surface area contributed by atoms with E-state index in [4.69, 9.17) is 16.8 Å². The molecule has 9 aromatic rings. The van der Waals surface area contributed by atoms with Crippen LogP contribution in [0, 0.1) is 0 Å². The Morgan fingerprint density at radius 3 is 1.58 bits per heavy atom. The molecular formula is C52H44O. The summed E-state index contributed by atoms with van der Waals surface area (Å²) in [7, 11) is 0. The van der Waals surface area contributed by atoms with Crippen LogP contribution in [-0.4, -0.2) is 0 Å². The number of benzene rings is 8. The zero-order valence-corrected chi connectivity index (χ0v) is 30.6. The minimum atomic E-state index is -0.456. The van der Waals surface area contributed by atoms with Crippen LogP contribution in [0.1, 0.15) is 67.7 Å². The van der Waals surface area contributed by atoms with Crippen molar-refractivity contribution in [3.05, 3.63) is 169 Å². The molecule has 0 atom stereocenters. The van der Waals surface area contributed by atoms with Gasteiger partial charge in [0.25, 0.3) is 0 Å². The lowest BCUT2D eigenvalue weighted by Gasteiger charge is -2.25. The third-order valence-corrected chi connectivity index (χ3v) is 10.3. The van der Waals surface area contributed by atoms with E-state index in [-0.39, 0.29) is 69.2 Å². The van der Waals surface area contributed by atoms with Gasteiger partial charge in [-0.25, -0.2) is 0 Å². The van der Waals surface area contributed by atoms with Crippen molar-refractivity contribution in [1.82, 2.24) is 0 Å². The molecule has 1 heteroatoms. The minimum Gasteiger partial charge on any atom is -0.456 e. The Kier molecular flexibility index (Phi) is 5.33. The van der Waals surface area contributed by atoms with Crippen LogP contribution >= 0.6 is 0 Å². The summed E-state index contributed by atoms with van der Waals surface area (Å²) in [5, 5.41) is 3.59. The van der Waals surface area contributed by atoms with E-state index in [1.54, 1.807) is 0 Å². The molecule has 0 aliphatic heterocycles. The van der Waals surface area contributed by atoms with Gasteiger partial charge in [-0.2, -0.15) is 0 Å². The van der Waals surface area contributed by atoms with Crippen molar-refractivity contribution in [3.63, 3.8) is 0 Å². The van der Waals surface area contributed by atoms with Crippen LogP contribution in [0.25, 0.3) is 88.0 Å². The van der Waals surface area contributed by atoms with Gasteiger partial charge in [0.05, 0.1) is 15.1 Å². The highest BCUT2D eigenvalue weighted by molar-refractivity contribution is 6.22.